The normalized spacial score (nSPS) is 28.6. The molecule has 0 bridgehead atoms. The van der Waals surface area contributed by atoms with Crippen LogP contribution in [0.15, 0.2) is 0 Å². The SMILES string of the molecule is CN(C)CCCN[C@H]1CCC[C@@H]1N. The third kappa shape index (κ3) is 4.07. The van der Waals surface area contributed by atoms with E-state index in [0.717, 1.165) is 13.1 Å². The fourth-order valence-electron chi connectivity index (χ4n) is 1.92. The molecule has 0 aromatic rings. The van der Waals surface area contributed by atoms with E-state index >= 15 is 0 Å². The van der Waals surface area contributed by atoms with E-state index in [0.29, 0.717) is 12.1 Å². The van der Waals surface area contributed by atoms with Crippen LogP contribution in [0, 0.1) is 0 Å². The summed E-state index contributed by atoms with van der Waals surface area (Å²) in [5.74, 6) is 0. The summed E-state index contributed by atoms with van der Waals surface area (Å²) in [6.45, 7) is 2.27. The quantitative estimate of drug-likeness (QED) is 0.610. The fraction of sp³-hybridized carbons (Fsp3) is 1.00. The molecule has 0 amide bonds. The lowest BCUT2D eigenvalue weighted by Crippen LogP contribution is -2.41. The summed E-state index contributed by atoms with van der Waals surface area (Å²) < 4.78 is 0. The largest absolute Gasteiger partial charge is 0.326 e. The number of hydrogen-bond acceptors (Lipinski definition) is 3. The Morgan fingerprint density at radius 3 is 2.69 bits per heavy atom. The minimum Gasteiger partial charge on any atom is -0.326 e. The number of rotatable bonds is 5. The van der Waals surface area contributed by atoms with E-state index < -0.39 is 0 Å². The molecule has 78 valence electrons. The number of hydrogen-bond donors (Lipinski definition) is 2. The second kappa shape index (κ2) is 5.58. The summed E-state index contributed by atoms with van der Waals surface area (Å²) in [7, 11) is 4.22. The molecular formula is C10H23N3. The Morgan fingerprint density at radius 2 is 2.15 bits per heavy atom. The van der Waals surface area contributed by atoms with Crippen LogP contribution < -0.4 is 11.1 Å². The Kier molecular flexibility index (Phi) is 4.70. The maximum absolute atomic E-state index is 5.95. The highest BCUT2D eigenvalue weighted by molar-refractivity contribution is 4.85. The number of nitrogens with zero attached hydrogens (tertiary/aromatic N) is 1. The fourth-order valence-corrected chi connectivity index (χ4v) is 1.92. The van der Waals surface area contributed by atoms with Gasteiger partial charge in [0, 0.05) is 12.1 Å². The zero-order valence-electron chi connectivity index (χ0n) is 8.92. The van der Waals surface area contributed by atoms with Gasteiger partial charge in [-0.05, 0) is 46.4 Å². The van der Waals surface area contributed by atoms with Crippen molar-refractivity contribution in [3.8, 4) is 0 Å². The first-order valence-electron chi connectivity index (χ1n) is 5.34. The highest BCUT2D eigenvalue weighted by Gasteiger charge is 2.22. The zero-order valence-corrected chi connectivity index (χ0v) is 8.92. The molecule has 2 atom stereocenters. The molecule has 13 heavy (non-hydrogen) atoms. The predicted octanol–water partition coefficient (Wildman–Crippen LogP) is 0.408. The monoisotopic (exact) mass is 185 g/mol. The Morgan fingerprint density at radius 1 is 1.38 bits per heavy atom. The van der Waals surface area contributed by atoms with E-state index in [2.05, 4.69) is 24.3 Å². The van der Waals surface area contributed by atoms with Crippen molar-refractivity contribution in [1.29, 1.82) is 0 Å². The highest BCUT2D eigenvalue weighted by atomic mass is 15.1. The standard InChI is InChI=1S/C10H23N3/c1-13(2)8-4-7-12-10-6-3-5-9(10)11/h9-10,12H,3-8,11H2,1-2H3/t9-,10-/m0/s1. The topological polar surface area (TPSA) is 41.3 Å². The first-order valence-corrected chi connectivity index (χ1v) is 5.34. The molecule has 1 rings (SSSR count). The van der Waals surface area contributed by atoms with Crippen LogP contribution in [0.25, 0.3) is 0 Å². The van der Waals surface area contributed by atoms with Crippen molar-refractivity contribution in [2.24, 2.45) is 5.73 Å². The molecule has 0 unspecified atom stereocenters. The van der Waals surface area contributed by atoms with Gasteiger partial charge in [-0.3, -0.25) is 0 Å². The Hall–Kier alpha value is -0.120. The molecule has 3 nitrogen and oxygen atoms in total. The van der Waals surface area contributed by atoms with Crippen LogP contribution in [-0.4, -0.2) is 44.2 Å². The molecule has 0 radical (unpaired) electrons. The second-order valence-corrected chi connectivity index (χ2v) is 4.31. The molecule has 0 aromatic heterocycles. The van der Waals surface area contributed by atoms with Gasteiger partial charge in [0.25, 0.3) is 0 Å². The van der Waals surface area contributed by atoms with Crippen LogP contribution in [0.4, 0.5) is 0 Å². The van der Waals surface area contributed by atoms with Crippen molar-refractivity contribution in [3.63, 3.8) is 0 Å². The smallest absolute Gasteiger partial charge is 0.0219 e. The van der Waals surface area contributed by atoms with Gasteiger partial charge >= 0.3 is 0 Å². The molecule has 1 fully saturated rings. The van der Waals surface area contributed by atoms with Gasteiger partial charge < -0.3 is 16.0 Å². The first-order chi connectivity index (χ1) is 6.20. The molecule has 0 saturated heterocycles. The molecular weight excluding hydrogens is 162 g/mol. The van der Waals surface area contributed by atoms with Gasteiger partial charge in [-0.25, -0.2) is 0 Å². The summed E-state index contributed by atoms with van der Waals surface area (Å²) in [4.78, 5) is 2.22. The zero-order chi connectivity index (χ0) is 9.68. The van der Waals surface area contributed by atoms with Crippen LogP contribution in [0.3, 0.4) is 0 Å². The van der Waals surface area contributed by atoms with Crippen molar-refractivity contribution in [3.05, 3.63) is 0 Å². The third-order valence-corrected chi connectivity index (χ3v) is 2.76. The summed E-state index contributed by atoms with van der Waals surface area (Å²) in [6, 6.07) is 0.988. The highest BCUT2D eigenvalue weighted by Crippen LogP contribution is 2.16. The van der Waals surface area contributed by atoms with Crippen LogP contribution in [0.5, 0.6) is 0 Å². The van der Waals surface area contributed by atoms with Crippen LogP contribution in [-0.2, 0) is 0 Å². The van der Waals surface area contributed by atoms with Gasteiger partial charge in [0.15, 0.2) is 0 Å². The molecule has 3 N–H and O–H groups in total. The lowest BCUT2D eigenvalue weighted by atomic mass is 10.2. The molecule has 1 aliphatic carbocycles. The Balaban J connectivity index is 1.99. The van der Waals surface area contributed by atoms with Gasteiger partial charge in [-0.15, -0.1) is 0 Å². The minimum absolute atomic E-state index is 0.402. The van der Waals surface area contributed by atoms with Gasteiger partial charge in [0.1, 0.15) is 0 Å². The predicted molar refractivity (Wildman–Crippen MR) is 56.8 cm³/mol. The lowest BCUT2D eigenvalue weighted by molar-refractivity contribution is 0.381. The summed E-state index contributed by atoms with van der Waals surface area (Å²) in [5.41, 5.74) is 5.95. The lowest BCUT2D eigenvalue weighted by Gasteiger charge is -2.17. The van der Waals surface area contributed by atoms with Gasteiger partial charge in [0.05, 0.1) is 0 Å². The maximum Gasteiger partial charge on any atom is 0.0219 e. The first kappa shape index (κ1) is 11.0. The summed E-state index contributed by atoms with van der Waals surface area (Å²) in [6.07, 6.45) is 4.98. The van der Waals surface area contributed by atoms with Crippen LogP contribution >= 0.6 is 0 Å². The van der Waals surface area contributed by atoms with Crippen LogP contribution in [0.2, 0.25) is 0 Å². The Bertz CT molecular complexity index is 136. The van der Waals surface area contributed by atoms with Crippen LogP contribution in [0.1, 0.15) is 25.7 Å². The average molecular weight is 185 g/mol. The molecule has 3 heteroatoms. The van der Waals surface area contributed by atoms with E-state index in [4.69, 9.17) is 5.73 Å². The van der Waals surface area contributed by atoms with E-state index in [9.17, 15) is 0 Å². The van der Waals surface area contributed by atoms with E-state index in [-0.39, 0.29) is 0 Å². The third-order valence-electron chi connectivity index (χ3n) is 2.76. The maximum atomic E-state index is 5.95. The van der Waals surface area contributed by atoms with Crippen molar-refractivity contribution in [2.45, 2.75) is 37.8 Å². The van der Waals surface area contributed by atoms with E-state index in [1.807, 2.05) is 0 Å². The average Bonchev–Trinajstić information content (AvgIpc) is 2.45. The van der Waals surface area contributed by atoms with Gasteiger partial charge in [-0.1, -0.05) is 6.42 Å². The molecule has 0 heterocycles. The molecule has 0 aromatic carbocycles. The molecule has 0 aliphatic heterocycles. The van der Waals surface area contributed by atoms with Gasteiger partial charge in [-0.2, -0.15) is 0 Å². The minimum atomic E-state index is 0.402. The van der Waals surface area contributed by atoms with E-state index in [1.54, 1.807) is 0 Å². The Labute approximate surface area is 81.7 Å². The molecule has 1 aliphatic rings. The van der Waals surface area contributed by atoms with Gasteiger partial charge in [0.2, 0.25) is 0 Å². The second-order valence-electron chi connectivity index (χ2n) is 4.31. The number of nitrogens with one attached hydrogen (secondary N) is 1. The van der Waals surface area contributed by atoms with Crippen molar-refractivity contribution >= 4 is 0 Å². The van der Waals surface area contributed by atoms with Crippen molar-refractivity contribution in [1.82, 2.24) is 10.2 Å². The summed E-state index contributed by atoms with van der Waals surface area (Å²) >= 11 is 0. The van der Waals surface area contributed by atoms with Crippen molar-refractivity contribution in [2.75, 3.05) is 27.2 Å². The number of nitrogens with two attached hydrogens (primary N) is 1. The van der Waals surface area contributed by atoms with E-state index in [1.165, 1.54) is 25.7 Å². The molecule has 1 saturated carbocycles. The summed E-state index contributed by atoms with van der Waals surface area (Å²) in [5, 5.41) is 3.54. The molecule has 0 spiro atoms. The van der Waals surface area contributed by atoms with Crippen molar-refractivity contribution < 1.29 is 0 Å².